The Bertz CT molecular complexity index is 667. The predicted molar refractivity (Wildman–Crippen MR) is 109 cm³/mol. The predicted octanol–water partition coefficient (Wildman–Crippen LogP) is 4.96. The lowest BCUT2D eigenvalue weighted by Crippen LogP contribution is -2.36. The van der Waals surface area contributed by atoms with E-state index in [-0.39, 0.29) is 24.0 Å². The first-order chi connectivity index (χ1) is 11.9. The Kier molecular flexibility index (Phi) is 7.10. The highest BCUT2D eigenvalue weighted by atomic mass is 35.5. The molecule has 0 spiro atoms. The standard InChI is InChI=1S/C22H29NO2.ClH/c1-22(2,23)15-18-13-17(14-21(18)24)12-16-8-10-20(11-9-16)25-19-6-4-3-5-7-19;/h3-11,17-18,21,24H,12-15,23H2,1-2H3;1H. The highest BCUT2D eigenvalue weighted by Gasteiger charge is 2.35. The third-order valence-electron chi connectivity index (χ3n) is 4.97. The van der Waals surface area contributed by atoms with Crippen molar-refractivity contribution in [2.24, 2.45) is 17.6 Å². The van der Waals surface area contributed by atoms with Gasteiger partial charge in [-0.05, 0) is 81.2 Å². The number of rotatable bonds is 6. The molecule has 2 aromatic carbocycles. The van der Waals surface area contributed by atoms with E-state index in [1.165, 1.54) is 5.56 Å². The fraction of sp³-hybridized carbons (Fsp3) is 0.455. The van der Waals surface area contributed by atoms with Crippen LogP contribution in [0.25, 0.3) is 0 Å². The van der Waals surface area contributed by atoms with E-state index in [0.717, 1.165) is 37.2 Å². The monoisotopic (exact) mass is 375 g/mol. The van der Waals surface area contributed by atoms with Gasteiger partial charge >= 0.3 is 0 Å². The molecule has 142 valence electrons. The Labute approximate surface area is 163 Å². The SMILES string of the molecule is CC(C)(N)CC1CC(Cc2ccc(Oc3ccccc3)cc2)CC1O.Cl. The first-order valence-corrected chi connectivity index (χ1v) is 9.18. The third-order valence-corrected chi connectivity index (χ3v) is 4.97. The first kappa shape index (κ1) is 20.8. The van der Waals surface area contributed by atoms with Gasteiger partial charge in [0.2, 0.25) is 0 Å². The number of aliphatic hydroxyl groups is 1. The number of hydrogen-bond acceptors (Lipinski definition) is 3. The lowest BCUT2D eigenvalue weighted by atomic mass is 9.88. The number of hydrogen-bond donors (Lipinski definition) is 2. The van der Waals surface area contributed by atoms with Gasteiger partial charge in [0.25, 0.3) is 0 Å². The van der Waals surface area contributed by atoms with Crippen LogP contribution in [0.3, 0.4) is 0 Å². The fourth-order valence-electron chi connectivity index (χ4n) is 3.93. The number of para-hydroxylation sites is 1. The molecule has 1 saturated carbocycles. The quantitative estimate of drug-likeness (QED) is 0.750. The van der Waals surface area contributed by atoms with Gasteiger partial charge in [0, 0.05) is 5.54 Å². The Morgan fingerprint density at radius 2 is 1.62 bits per heavy atom. The Hall–Kier alpha value is -1.55. The average molecular weight is 376 g/mol. The zero-order valence-electron chi connectivity index (χ0n) is 15.6. The van der Waals surface area contributed by atoms with Crippen molar-refractivity contribution >= 4 is 12.4 Å². The van der Waals surface area contributed by atoms with Crippen LogP contribution in [0.5, 0.6) is 11.5 Å². The largest absolute Gasteiger partial charge is 0.457 e. The van der Waals surface area contributed by atoms with Gasteiger partial charge in [-0.15, -0.1) is 12.4 Å². The maximum Gasteiger partial charge on any atom is 0.127 e. The summed E-state index contributed by atoms with van der Waals surface area (Å²) in [6.45, 7) is 4.08. The summed E-state index contributed by atoms with van der Waals surface area (Å²) in [6, 6.07) is 18.1. The second-order valence-corrected chi connectivity index (χ2v) is 8.12. The second-order valence-electron chi connectivity index (χ2n) is 8.12. The normalized spacial score (nSPS) is 22.7. The molecule has 3 atom stereocenters. The zero-order chi connectivity index (χ0) is 17.9. The number of nitrogens with two attached hydrogens (primary N) is 1. The summed E-state index contributed by atoms with van der Waals surface area (Å²) in [6.07, 6.45) is 3.61. The van der Waals surface area contributed by atoms with Crippen LogP contribution in [-0.2, 0) is 6.42 Å². The molecule has 1 aliphatic rings. The maximum atomic E-state index is 10.3. The van der Waals surface area contributed by atoms with Crippen LogP contribution in [0.1, 0.15) is 38.7 Å². The van der Waals surface area contributed by atoms with Crippen molar-refractivity contribution in [1.29, 1.82) is 0 Å². The molecule has 26 heavy (non-hydrogen) atoms. The van der Waals surface area contributed by atoms with E-state index in [0.29, 0.717) is 11.8 Å². The number of aliphatic hydroxyl groups excluding tert-OH is 1. The summed E-state index contributed by atoms with van der Waals surface area (Å²) in [5.74, 6) is 2.56. The molecule has 3 unspecified atom stereocenters. The van der Waals surface area contributed by atoms with Crippen molar-refractivity contribution in [3.05, 3.63) is 60.2 Å². The molecule has 3 rings (SSSR count). The lowest BCUT2D eigenvalue weighted by molar-refractivity contribution is 0.115. The Balaban J connectivity index is 0.00000243. The molecule has 0 radical (unpaired) electrons. The van der Waals surface area contributed by atoms with Crippen LogP contribution < -0.4 is 10.5 Å². The zero-order valence-corrected chi connectivity index (χ0v) is 16.4. The Morgan fingerprint density at radius 3 is 2.23 bits per heavy atom. The lowest BCUT2D eigenvalue weighted by Gasteiger charge is -2.25. The van der Waals surface area contributed by atoms with Gasteiger partial charge in [0.15, 0.2) is 0 Å². The smallest absolute Gasteiger partial charge is 0.127 e. The van der Waals surface area contributed by atoms with E-state index in [2.05, 4.69) is 12.1 Å². The molecule has 1 fully saturated rings. The molecule has 4 heteroatoms. The van der Waals surface area contributed by atoms with E-state index in [1.54, 1.807) is 0 Å². The van der Waals surface area contributed by atoms with E-state index in [1.807, 2.05) is 56.3 Å². The molecule has 1 aliphatic carbocycles. The maximum absolute atomic E-state index is 10.3. The number of benzene rings is 2. The van der Waals surface area contributed by atoms with Crippen LogP contribution in [0, 0.1) is 11.8 Å². The summed E-state index contributed by atoms with van der Waals surface area (Å²) >= 11 is 0. The highest BCUT2D eigenvalue weighted by Crippen LogP contribution is 2.37. The third kappa shape index (κ3) is 6.01. The number of ether oxygens (including phenoxy) is 1. The molecule has 0 bridgehead atoms. The summed E-state index contributed by atoms with van der Waals surface area (Å²) in [5, 5.41) is 10.3. The van der Waals surface area contributed by atoms with Crippen LogP contribution in [0.15, 0.2) is 54.6 Å². The molecule has 2 aromatic rings. The van der Waals surface area contributed by atoms with Gasteiger partial charge < -0.3 is 15.6 Å². The molecule has 0 aromatic heterocycles. The van der Waals surface area contributed by atoms with E-state index in [9.17, 15) is 5.11 Å². The second kappa shape index (κ2) is 8.90. The van der Waals surface area contributed by atoms with Crippen LogP contribution >= 0.6 is 12.4 Å². The molecule has 3 nitrogen and oxygen atoms in total. The van der Waals surface area contributed by atoms with E-state index < -0.39 is 0 Å². The van der Waals surface area contributed by atoms with Crippen molar-refractivity contribution in [1.82, 2.24) is 0 Å². The summed E-state index contributed by atoms with van der Waals surface area (Å²) in [5.41, 5.74) is 7.22. The van der Waals surface area contributed by atoms with Gasteiger partial charge in [0.05, 0.1) is 6.10 Å². The van der Waals surface area contributed by atoms with Crippen molar-refractivity contribution in [2.75, 3.05) is 0 Å². The summed E-state index contributed by atoms with van der Waals surface area (Å²) in [7, 11) is 0. The van der Waals surface area contributed by atoms with Gasteiger partial charge in [0.1, 0.15) is 11.5 Å². The van der Waals surface area contributed by atoms with Crippen molar-refractivity contribution in [2.45, 2.75) is 51.2 Å². The fourth-order valence-corrected chi connectivity index (χ4v) is 3.93. The Morgan fingerprint density at radius 1 is 1.00 bits per heavy atom. The van der Waals surface area contributed by atoms with Gasteiger partial charge in [-0.25, -0.2) is 0 Å². The first-order valence-electron chi connectivity index (χ1n) is 9.18. The van der Waals surface area contributed by atoms with Gasteiger partial charge in [-0.3, -0.25) is 0 Å². The van der Waals surface area contributed by atoms with Gasteiger partial charge in [-0.2, -0.15) is 0 Å². The van der Waals surface area contributed by atoms with Crippen LogP contribution in [0.2, 0.25) is 0 Å². The molecule has 0 saturated heterocycles. The van der Waals surface area contributed by atoms with Crippen LogP contribution in [0.4, 0.5) is 0 Å². The topological polar surface area (TPSA) is 55.5 Å². The average Bonchev–Trinajstić information content (AvgIpc) is 2.88. The highest BCUT2D eigenvalue weighted by molar-refractivity contribution is 5.85. The minimum absolute atomic E-state index is 0. The van der Waals surface area contributed by atoms with E-state index in [4.69, 9.17) is 10.5 Å². The summed E-state index contributed by atoms with van der Waals surface area (Å²) in [4.78, 5) is 0. The van der Waals surface area contributed by atoms with Crippen molar-refractivity contribution < 1.29 is 9.84 Å². The molecule has 0 aliphatic heterocycles. The molecule has 3 N–H and O–H groups in total. The number of halogens is 1. The van der Waals surface area contributed by atoms with Crippen molar-refractivity contribution in [3.8, 4) is 11.5 Å². The van der Waals surface area contributed by atoms with E-state index >= 15 is 0 Å². The minimum Gasteiger partial charge on any atom is -0.457 e. The minimum atomic E-state index is -0.214. The van der Waals surface area contributed by atoms with Crippen LogP contribution in [-0.4, -0.2) is 16.7 Å². The molecule has 0 amide bonds. The molecular weight excluding hydrogens is 346 g/mol. The summed E-state index contributed by atoms with van der Waals surface area (Å²) < 4.78 is 5.84. The molecular formula is C22H30ClNO2. The molecule has 0 heterocycles. The van der Waals surface area contributed by atoms with Crippen molar-refractivity contribution in [3.63, 3.8) is 0 Å². The van der Waals surface area contributed by atoms with Gasteiger partial charge in [-0.1, -0.05) is 30.3 Å².